The number of nitrogens with zero attached hydrogens (tertiary/aromatic N) is 3. The van der Waals surface area contributed by atoms with E-state index >= 15 is 0 Å². The number of piperidine rings is 1. The number of hydrogen-bond acceptors (Lipinski definition) is 4. The van der Waals surface area contributed by atoms with Gasteiger partial charge in [-0.3, -0.25) is 10.4 Å². The summed E-state index contributed by atoms with van der Waals surface area (Å²) >= 11 is 0. The molecular formula is C8H16N4O2S. The van der Waals surface area contributed by atoms with E-state index in [9.17, 15) is 8.42 Å². The van der Waals surface area contributed by atoms with Crippen LogP contribution in [0.3, 0.4) is 0 Å². The van der Waals surface area contributed by atoms with E-state index in [4.69, 9.17) is 0 Å². The first-order chi connectivity index (χ1) is 7.17. The molecule has 1 aliphatic heterocycles. The van der Waals surface area contributed by atoms with Crippen molar-refractivity contribution < 1.29 is 8.42 Å². The van der Waals surface area contributed by atoms with Crippen LogP contribution in [0.4, 0.5) is 0 Å². The third-order valence-electron chi connectivity index (χ3n) is 2.12. The lowest BCUT2D eigenvalue weighted by molar-refractivity contribution is 0.352. The molecule has 0 aromatic rings. The fraction of sp³-hybridized carbons (Fsp3) is 0.750. The Morgan fingerprint density at radius 2 is 1.93 bits per heavy atom. The first-order valence-corrected chi connectivity index (χ1v) is 6.36. The Bertz CT molecular complexity index is 331. The molecule has 0 unspecified atom stereocenters. The lowest BCUT2D eigenvalue weighted by Gasteiger charge is -2.23. The standard InChI is InChI=1S/C8H16N4O2S/c1-9-7-10-11-8-15(13,14)12-5-3-2-4-6-12/h7-8H,2-6H2,1H3,(H,9,10)/b11-8+. The van der Waals surface area contributed by atoms with Gasteiger partial charge in [-0.1, -0.05) is 6.42 Å². The molecule has 0 radical (unpaired) electrons. The summed E-state index contributed by atoms with van der Waals surface area (Å²) in [6.07, 6.45) is 4.28. The van der Waals surface area contributed by atoms with Gasteiger partial charge in [-0.05, 0) is 12.8 Å². The van der Waals surface area contributed by atoms with Gasteiger partial charge in [0.25, 0.3) is 10.0 Å². The molecule has 0 amide bonds. The number of nitrogens with one attached hydrogen (secondary N) is 1. The molecule has 6 nitrogen and oxygen atoms in total. The van der Waals surface area contributed by atoms with Crippen LogP contribution in [0.15, 0.2) is 10.1 Å². The summed E-state index contributed by atoms with van der Waals surface area (Å²) in [5, 5.41) is 3.55. The van der Waals surface area contributed by atoms with E-state index in [2.05, 4.69) is 15.5 Å². The normalized spacial score (nSPS) is 20.1. The molecule has 0 saturated carbocycles. The molecule has 1 N–H and O–H groups in total. The number of hydrogen-bond donors (Lipinski definition) is 1. The predicted molar refractivity (Wildman–Crippen MR) is 60.4 cm³/mol. The van der Waals surface area contributed by atoms with Crippen LogP contribution < -0.4 is 5.43 Å². The fourth-order valence-corrected chi connectivity index (χ4v) is 2.47. The quantitative estimate of drug-likeness (QED) is 0.421. The summed E-state index contributed by atoms with van der Waals surface area (Å²) in [7, 11) is -1.78. The Morgan fingerprint density at radius 3 is 2.53 bits per heavy atom. The summed E-state index contributed by atoms with van der Waals surface area (Å²) in [6.45, 7) is 1.19. The minimum Gasteiger partial charge on any atom is -0.277 e. The van der Waals surface area contributed by atoms with Crippen molar-refractivity contribution in [3.8, 4) is 0 Å². The summed E-state index contributed by atoms with van der Waals surface area (Å²) in [5.74, 6) is 0. The van der Waals surface area contributed by atoms with Gasteiger partial charge < -0.3 is 0 Å². The third kappa shape index (κ3) is 3.96. The first kappa shape index (κ1) is 12.1. The molecule has 1 rings (SSSR count). The second-order valence-corrected chi connectivity index (χ2v) is 5.01. The molecular weight excluding hydrogens is 216 g/mol. The molecule has 0 atom stereocenters. The highest BCUT2D eigenvalue weighted by Gasteiger charge is 2.21. The van der Waals surface area contributed by atoms with Crippen molar-refractivity contribution in [3.05, 3.63) is 0 Å². The maximum absolute atomic E-state index is 11.6. The van der Waals surface area contributed by atoms with E-state index in [0.29, 0.717) is 13.1 Å². The van der Waals surface area contributed by atoms with Gasteiger partial charge in [-0.2, -0.15) is 9.41 Å². The molecule has 1 fully saturated rings. The second-order valence-electron chi connectivity index (χ2n) is 3.26. The summed E-state index contributed by atoms with van der Waals surface area (Å²) in [4.78, 5) is 3.61. The van der Waals surface area contributed by atoms with Crippen molar-refractivity contribution in [3.63, 3.8) is 0 Å². The molecule has 1 heterocycles. The van der Waals surface area contributed by atoms with Crippen LogP contribution in [-0.2, 0) is 10.0 Å². The molecule has 86 valence electrons. The van der Waals surface area contributed by atoms with Gasteiger partial charge in [-0.15, -0.1) is 0 Å². The zero-order chi connectivity index (χ0) is 11.1. The van der Waals surface area contributed by atoms with Crippen molar-refractivity contribution in [1.29, 1.82) is 0 Å². The molecule has 15 heavy (non-hydrogen) atoms. The van der Waals surface area contributed by atoms with Crippen LogP contribution in [0.2, 0.25) is 0 Å². The Labute approximate surface area is 90.1 Å². The lowest BCUT2D eigenvalue weighted by Crippen LogP contribution is -2.36. The van der Waals surface area contributed by atoms with E-state index in [1.54, 1.807) is 7.05 Å². The lowest BCUT2D eigenvalue weighted by atomic mass is 10.2. The molecule has 0 aromatic heterocycles. The Morgan fingerprint density at radius 1 is 1.27 bits per heavy atom. The van der Waals surface area contributed by atoms with E-state index in [1.165, 1.54) is 10.6 Å². The topological polar surface area (TPSA) is 74.1 Å². The van der Waals surface area contributed by atoms with E-state index in [0.717, 1.165) is 24.8 Å². The first-order valence-electron chi connectivity index (χ1n) is 4.86. The minimum atomic E-state index is -3.35. The largest absolute Gasteiger partial charge is 0.277 e. The average molecular weight is 232 g/mol. The third-order valence-corrected chi connectivity index (χ3v) is 3.58. The Hall–Kier alpha value is -0.950. The van der Waals surface area contributed by atoms with E-state index in [-0.39, 0.29) is 0 Å². The molecule has 0 spiro atoms. The summed E-state index contributed by atoms with van der Waals surface area (Å²) < 4.78 is 24.7. The molecule has 0 bridgehead atoms. The highest BCUT2D eigenvalue weighted by molar-refractivity contribution is 8.02. The Kier molecular flexibility index (Phi) is 4.70. The minimum absolute atomic E-state index is 0.593. The van der Waals surface area contributed by atoms with Gasteiger partial charge >= 0.3 is 0 Å². The molecule has 7 heteroatoms. The monoisotopic (exact) mass is 232 g/mol. The van der Waals surface area contributed by atoms with Crippen LogP contribution >= 0.6 is 0 Å². The van der Waals surface area contributed by atoms with Gasteiger partial charge in [0.15, 0.2) is 5.55 Å². The number of rotatable bonds is 4. The molecule has 0 aliphatic carbocycles. The number of aliphatic imine (C=N–C) groups is 1. The van der Waals surface area contributed by atoms with Crippen molar-refractivity contribution in [2.75, 3.05) is 20.1 Å². The highest BCUT2D eigenvalue weighted by atomic mass is 32.2. The SMILES string of the molecule is CN=CN/N=C/S(=O)(=O)N1CCCCC1. The average Bonchev–Trinajstić information content (AvgIpc) is 2.26. The van der Waals surface area contributed by atoms with E-state index in [1.807, 2.05) is 0 Å². The molecule has 0 aromatic carbocycles. The number of sulfonamides is 1. The second kappa shape index (κ2) is 5.82. The molecule has 1 aliphatic rings. The fourth-order valence-electron chi connectivity index (χ4n) is 1.37. The zero-order valence-corrected chi connectivity index (χ0v) is 9.57. The maximum atomic E-state index is 11.6. The summed E-state index contributed by atoms with van der Waals surface area (Å²) in [6, 6.07) is 0. The smallest absolute Gasteiger partial charge is 0.255 e. The van der Waals surface area contributed by atoms with Crippen molar-refractivity contribution >= 4 is 21.9 Å². The van der Waals surface area contributed by atoms with Crippen LogP contribution in [0.1, 0.15) is 19.3 Å². The van der Waals surface area contributed by atoms with Gasteiger partial charge in [0, 0.05) is 20.1 Å². The van der Waals surface area contributed by atoms with E-state index < -0.39 is 10.0 Å². The highest BCUT2D eigenvalue weighted by Crippen LogP contribution is 2.11. The summed E-state index contributed by atoms with van der Waals surface area (Å²) in [5.41, 5.74) is 3.33. The zero-order valence-electron chi connectivity index (χ0n) is 8.76. The number of hydrazone groups is 1. The van der Waals surface area contributed by atoms with Crippen LogP contribution in [0.5, 0.6) is 0 Å². The van der Waals surface area contributed by atoms with Crippen LogP contribution in [-0.4, -0.2) is 44.7 Å². The predicted octanol–water partition coefficient (Wildman–Crippen LogP) is -0.00690. The van der Waals surface area contributed by atoms with Crippen molar-refractivity contribution in [1.82, 2.24) is 9.73 Å². The van der Waals surface area contributed by atoms with Gasteiger partial charge in [0.05, 0.1) is 0 Å². The van der Waals surface area contributed by atoms with Gasteiger partial charge in [-0.25, -0.2) is 8.42 Å². The Balaban J connectivity index is 2.53. The van der Waals surface area contributed by atoms with Crippen LogP contribution in [0, 0.1) is 0 Å². The van der Waals surface area contributed by atoms with Crippen LogP contribution in [0.25, 0.3) is 0 Å². The van der Waals surface area contributed by atoms with Crippen molar-refractivity contribution in [2.45, 2.75) is 19.3 Å². The van der Waals surface area contributed by atoms with Crippen molar-refractivity contribution in [2.24, 2.45) is 10.1 Å². The maximum Gasteiger partial charge on any atom is 0.255 e. The van der Waals surface area contributed by atoms with Gasteiger partial charge in [0.2, 0.25) is 0 Å². The van der Waals surface area contributed by atoms with Gasteiger partial charge in [0.1, 0.15) is 6.34 Å². The molecule has 1 saturated heterocycles.